The fourth-order valence-electron chi connectivity index (χ4n) is 2.18. The van der Waals surface area contributed by atoms with Crippen LogP contribution in [-0.4, -0.2) is 33.8 Å². The molecular weight excluding hydrogens is 364 g/mol. The number of aryl methyl sites for hydroxylation is 1. The molecule has 1 aliphatic carbocycles. The van der Waals surface area contributed by atoms with E-state index in [1.54, 1.807) is 23.2 Å². The number of aromatic nitrogens is 2. The first-order valence-corrected chi connectivity index (χ1v) is 10.3. The SMILES string of the molecule is CC(=O)N(c1nnc(SCC(=O)NCc2sccc2C)s1)C1CC1. The van der Waals surface area contributed by atoms with Crippen LogP contribution in [0.4, 0.5) is 5.13 Å². The molecule has 1 aliphatic rings. The summed E-state index contributed by atoms with van der Waals surface area (Å²) in [4.78, 5) is 26.6. The number of nitrogens with zero attached hydrogens (tertiary/aromatic N) is 3. The molecule has 0 unspecified atom stereocenters. The van der Waals surface area contributed by atoms with Crippen molar-refractivity contribution in [2.24, 2.45) is 0 Å². The van der Waals surface area contributed by atoms with Gasteiger partial charge in [-0.15, -0.1) is 21.5 Å². The number of rotatable bonds is 7. The molecule has 1 fully saturated rings. The lowest BCUT2D eigenvalue weighted by atomic mass is 10.3. The fourth-order valence-corrected chi connectivity index (χ4v) is 4.81. The minimum atomic E-state index is -0.0323. The van der Waals surface area contributed by atoms with Gasteiger partial charge in [0.25, 0.3) is 0 Å². The highest BCUT2D eigenvalue weighted by Gasteiger charge is 2.34. The molecule has 2 heterocycles. The van der Waals surface area contributed by atoms with Crippen molar-refractivity contribution in [2.45, 2.75) is 43.6 Å². The topological polar surface area (TPSA) is 75.2 Å². The van der Waals surface area contributed by atoms with Crippen molar-refractivity contribution in [1.29, 1.82) is 0 Å². The quantitative estimate of drug-likeness (QED) is 0.589. The third-order valence-corrected chi connectivity index (χ3v) is 6.67. The van der Waals surface area contributed by atoms with Crippen molar-refractivity contribution in [3.8, 4) is 0 Å². The minimum absolute atomic E-state index is 0.00531. The van der Waals surface area contributed by atoms with Crippen molar-refractivity contribution in [1.82, 2.24) is 15.5 Å². The second-order valence-electron chi connectivity index (χ2n) is 5.56. The van der Waals surface area contributed by atoms with Crippen LogP contribution in [0, 0.1) is 6.92 Å². The highest BCUT2D eigenvalue weighted by atomic mass is 32.2. The number of anilines is 1. The lowest BCUT2D eigenvalue weighted by Crippen LogP contribution is -2.30. The van der Waals surface area contributed by atoms with E-state index in [1.807, 2.05) is 18.4 Å². The van der Waals surface area contributed by atoms with Gasteiger partial charge >= 0.3 is 0 Å². The summed E-state index contributed by atoms with van der Waals surface area (Å²) >= 11 is 4.36. The largest absolute Gasteiger partial charge is 0.350 e. The number of amides is 2. The number of thioether (sulfide) groups is 1. The molecule has 1 N–H and O–H groups in total. The van der Waals surface area contributed by atoms with Crippen LogP contribution in [-0.2, 0) is 16.1 Å². The van der Waals surface area contributed by atoms with E-state index < -0.39 is 0 Å². The van der Waals surface area contributed by atoms with Crippen LogP contribution in [0.25, 0.3) is 0 Å². The average Bonchev–Trinajstić information content (AvgIpc) is 3.10. The molecule has 2 amide bonds. The molecule has 24 heavy (non-hydrogen) atoms. The maximum atomic E-state index is 12.0. The van der Waals surface area contributed by atoms with Gasteiger partial charge in [0, 0.05) is 17.8 Å². The minimum Gasteiger partial charge on any atom is -0.350 e. The Bertz CT molecular complexity index is 739. The molecule has 128 valence electrons. The summed E-state index contributed by atoms with van der Waals surface area (Å²) in [6, 6.07) is 2.32. The third kappa shape index (κ3) is 4.34. The maximum Gasteiger partial charge on any atom is 0.230 e. The third-order valence-electron chi connectivity index (χ3n) is 3.59. The first-order valence-electron chi connectivity index (χ1n) is 7.60. The molecule has 0 bridgehead atoms. The van der Waals surface area contributed by atoms with Crippen molar-refractivity contribution in [2.75, 3.05) is 10.7 Å². The summed E-state index contributed by atoms with van der Waals surface area (Å²) < 4.78 is 0.708. The molecular formula is C15H18N4O2S3. The number of carbonyl (C=O) groups is 2. The van der Waals surface area contributed by atoms with E-state index in [0.717, 1.165) is 12.8 Å². The Balaban J connectivity index is 1.49. The summed E-state index contributed by atoms with van der Waals surface area (Å²) in [6.45, 7) is 4.15. The summed E-state index contributed by atoms with van der Waals surface area (Å²) in [7, 11) is 0. The van der Waals surface area contributed by atoms with Crippen LogP contribution in [0.5, 0.6) is 0 Å². The lowest BCUT2D eigenvalue weighted by molar-refractivity contribution is -0.119. The monoisotopic (exact) mass is 382 g/mol. The zero-order valence-electron chi connectivity index (χ0n) is 13.4. The number of nitrogens with one attached hydrogen (secondary N) is 1. The number of carbonyl (C=O) groups excluding carboxylic acids is 2. The van der Waals surface area contributed by atoms with Gasteiger partial charge in [0.05, 0.1) is 12.3 Å². The van der Waals surface area contributed by atoms with Crippen molar-refractivity contribution < 1.29 is 9.59 Å². The van der Waals surface area contributed by atoms with Crippen LogP contribution in [0.2, 0.25) is 0 Å². The normalized spacial score (nSPS) is 13.8. The summed E-state index contributed by atoms with van der Waals surface area (Å²) in [5, 5.41) is 13.7. The Hall–Kier alpha value is -1.45. The summed E-state index contributed by atoms with van der Waals surface area (Å²) in [5.74, 6) is 0.257. The van der Waals surface area contributed by atoms with Crippen LogP contribution >= 0.6 is 34.4 Å². The van der Waals surface area contributed by atoms with Gasteiger partial charge in [0.1, 0.15) is 0 Å². The number of hydrogen-bond acceptors (Lipinski definition) is 7. The van der Waals surface area contributed by atoms with Crippen LogP contribution in [0.1, 0.15) is 30.2 Å². The first-order chi connectivity index (χ1) is 11.5. The zero-order chi connectivity index (χ0) is 17.1. The standard InChI is InChI=1S/C15H18N4O2S3/c1-9-5-6-22-12(9)7-16-13(21)8-23-15-18-17-14(24-15)19(10(2)20)11-3-4-11/h5-6,11H,3-4,7-8H2,1-2H3,(H,16,21). The molecule has 3 rings (SSSR count). The molecule has 2 aromatic rings. The van der Waals surface area contributed by atoms with E-state index in [4.69, 9.17) is 0 Å². The molecule has 0 radical (unpaired) electrons. The molecule has 0 aromatic carbocycles. The van der Waals surface area contributed by atoms with Gasteiger partial charge in [-0.2, -0.15) is 0 Å². The zero-order valence-corrected chi connectivity index (χ0v) is 15.9. The molecule has 1 saturated carbocycles. The van der Waals surface area contributed by atoms with Crippen LogP contribution in [0.15, 0.2) is 15.8 Å². The van der Waals surface area contributed by atoms with Crippen LogP contribution < -0.4 is 10.2 Å². The van der Waals surface area contributed by atoms with E-state index in [0.29, 0.717) is 21.8 Å². The van der Waals surface area contributed by atoms with Gasteiger partial charge in [-0.25, -0.2) is 0 Å². The highest BCUT2D eigenvalue weighted by Crippen LogP contribution is 2.35. The van der Waals surface area contributed by atoms with E-state index in [-0.39, 0.29) is 17.9 Å². The molecule has 0 aliphatic heterocycles. The van der Waals surface area contributed by atoms with E-state index in [1.165, 1.54) is 33.5 Å². The Labute approximate surface area is 152 Å². The maximum absolute atomic E-state index is 12.0. The molecule has 0 saturated heterocycles. The predicted molar refractivity (Wildman–Crippen MR) is 97.7 cm³/mol. The van der Waals surface area contributed by atoms with Crippen molar-refractivity contribution in [3.05, 3.63) is 21.9 Å². The van der Waals surface area contributed by atoms with Gasteiger partial charge in [-0.05, 0) is 36.8 Å². The van der Waals surface area contributed by atoms with E-state index in [2.05, 4.69) is 15.5 Å². The molecule has 6 nitrogen and oxygen atoms in total. The lowest BCUT2D eigenvalue weighted by Gasteiger charge is -2.15. The summed E-state index contributed by atoms with van der Waals surface area (Å²) in [5.41, 5.74) is 1.20. The molecule has 0 atom stereocenters. The summed E-state index contributed by atoms with van der Waals surface area (Å²) in [6.07, 6.45) is 2.04. The van der Waals surface area contributed by atoms with Crippen molar-refractivity contribution in [3.63, 3.8) is 0 Å². The Morgan fingerprint density at radius 2 is 2.21 bits per heavy atom. The fraction of sp³-hybridized carbons (Fsp3) is 0.467. The average molecular weight is 383 g/mol. The van der Waals surface area contributed by atoms with Gasteiger partial charge in [0.2, 0.25) is 16.9 Å². The predicted octanol–water partition coefficient (Wildman–Crippen LogP) is 2.83. The first kappa shape index (κ1) is 17.4. The molecule has 2 aromatic heterocycles. The van der Waals surface area contributed by atoms with Gasteiger partial charge in [-0.1, -0.05) is 23.1 Å². The Morgan fingerprint density at radius 1 is 1.42 bits per heavy atom. The van der Waals surface area contributed by atoms with Crippen molar-refractivity contribution >= 4 is 51.4 Å². The smallest absolute Gasteiger partial charge is 0.230 e. The van der Waals surface area contributed by atoms with Crippen LogP contribution in [0.3, 0.4) is 0 Å². The van der Waals surface area contributed by atoms with Gasteiger partial charge in [0.15, 0.2) is 4.34 Å². The number of hydrogen-bond donors (Lipinski definition) is 1. The molecule has 9 heteroatoms. The Morgan fingerprint density at radius 3 is 2.83 bits per heavy atom. The van der Waals surface area contributed by atoms with Gasteiger partial charge < -0.3 is 5.32 Å². The Kier molecular flexibility index (Phi) is 5.52. The second-order valence-corrected chi connectivity index (χ2v) is 8.74. The van der Waals surface area contributed by atoms with E-state index in [9.17, 15) is 9.59 Å². The number of thiophene rings is 1. The van der Waals surface area contributed by atoms with Gasteiger partial charge in [-0.3, -0.25) is 14.5 Å². The second kappa shape index (κ2) is 7.62. The highest BCUT2D eigenvalue weighted by molar-refractivity contribution is 8.01. The molecule has 0 spiro atoms. The van der Waals surface area contributed by atoms with E-state index >= 15 is 0 Å².